The molecular weight excluding hydrogens is 260 g/mol. The molecule has 1 atom stereocenters. The van der Waals surface area contributed by atoms with E-state index in [0.717, 1.165) is 0 Å². The van der Waals surface area contributed by atoms with Crippen LogP contribution in [0.3, 0.4) is 0 Å². The van der Waals surface area contributed by atoms with Gasteiger partial charge in [0.05, 0.1) is 5.52 Å². The number of aromatic nitrogens is 1. The Kier molecular flexibility index (Phi) is 2.68. The van der Waals surface area contributed by atoms with E-state index in [2.05, 4.69) is 11.2 Å². The summed E-state index contributed by atoms with van der Waals surface area (Å²) in [6, 6.07) is 4.14. The van der Waals surface area contributed by atoms with Gasteiger partial charge in [-0.2, -0.15) is 0 Å². The molecule has 0 spiro atoms. The van der Waals surface area contributed by atoms with Crippen molar-refractivity contribution in [2.45, 2.75) is 18.9 Å². The second-order valence-corrected chi connectivity index (χ2v) is 4.53. The van der Waals surface area contributed by atoms with Gasteiger partial charge < -0.3 is 4.42 Å². The summed E-state index contributed by atoms with van der Waals surface area (Å²) < 4.78 is 6.38. The summed E-state index contributed by atoms with van der Waals surface area (Å²) in [5.41, 5.74) is 1.40. The number of fused-ring (bicyclic) bond motifs is 1. The Hall–Kier alpha value is -2.81. The van der Waals surface area contributed by atoms with Gasteiger partial charge in [-0.25, -0.2) is 4.79 Å². The molecular formula is C14H10N2O4. The van der Waals surface area contributed by atoms with Crippen molar-refractivity contribution in [3.8, 4) is 12.3 Å². The molecule has 6 nitrogen and oxygen atoms in total. The molecule has 0 bridgehead atoms. The summed E-state index contributed by atoms with van der Waals surface area (Å²) in [5, 5.41) is 2.22. The zero-order valence-electron chi connectivity index (χ0n) is 10.4. The zero-order valence-corrected chi connectivity index (χ0v) is 10.4. The summed E-state index contributed by atoms with van der Waals surface area (Å²) in [4.78, 5) is 35.0. The number of carbonyl (C=O) groups excluding carboxylic acids is 2. The molecule has 2 aromatic rings. The first-order valence-electron chi connectivity index (χ1n) is 6.05. The number of carbonyl (C=O) groups is 2. The van der Waals surface area contributed by atoms with Crippen molar-refractivity contribution >= 4 is 22.9 Å². The van der Waals surface area contributed by atoms with E-state index in [1.54, 1.807) is 18.2 Å². The van der Waals surface area contributed by atoms with Crippen LogP contribution in [0.4, 0.5) is 0 Å². The number of nitrogens with one attached hydrogen (secondary N) is 1. The number of amides is 2. The second kappa shape index (κ2) is 4.38. The first-order chi connectivity index (χ1) is 9.60. The maximum absolute atomic E-state index is 11.9. The number of hydrogen-bond acceptors (Lipinski definition) is 4. The minimum absolute atomic E-state index is 0.192. The number of nitrogens with zero attached hydrogens (tertiary/aromatic N) is 1. The number of benzene rings is 1. The molecule has 1 N–H and O–H groups in total. The Balaban J connectivity index is 2.15. The van der Waals surface area contributed by atoms with E-state index in [4.69, 9.17) is 10.8 Å². The minimum Gasteiger partial charge on any atom is -0.408 e. The molecule has 0 saturated carbocycles. The third-order valence-corrected chi connectivity index (χ3v) is 3.30. The summed E-state index contributed by atoms with van der Waals surface area (Å²) in [7, 11) is 0. The predicted octanol–water partition coefficient (Wildman–Crippen LogP) is 0.553. The number of imide groups is 1. The molecule has 0 radical (unpaired) electrons. The highest BCUT2D eigenvalue weighted by molar-refractivity contribution is 6.00. The Morgan fingerprint density at radius 1 is 1.35 bits per heavy atom. The van der Waals surface area contributed by atoms with Crippen molar-refractivity contribution in [2.24, 2.45) is 0 Å². The van der Waals surface area contributed by atoms with Crippen molar-refractivity contribution in [3.05, 3.63) is 34.3 Å². The fraction of sp³-hybridized carbons (Fsp3) is 0.214. The largest absolute Gasteiger partial charge is 0.420 e. The molecule has 100 valence electrons. The van der Waals surface area contributed by atoms with Gasteiger partial charge in [0.1, 0.15) is 6.04 Å². The lowest BCUT2D eigenvalue weighted by Gasteiger charge is -2.21. The van der Waals surface area contributed by atoms with Crippen LogP contribution in [-0.2, 0) is 9.59 Å². The third-order valence-electron chi connectivity index (χ3n) is 3.30. The molecule has 3 rings (SSSR count). The normalized spacial score (nSPS) is 18.9. The standard InChI is InChI=1S/C14H10N2O4/c1-2-8-3-4-9-11(7-8)20-14(19)16(9)10-5-6-12(17)15-13(10)18/h1,3-4,7,10H,5-6H2,(H,15,17,18). The third kappa shape index (κ3) is 1.80. The van der Waals surface area contributed by atoms with Crippen LogP contribution in [0.1, 0.15) is 24.4 Å². The molecule has 1 aromatic carbocycles. The zero-order chi connectivity index (χ0) is 14.3. The van der Waals surface area contributed by atoms with Crippen LogP contribution < -0.4 is 11.1 Å². The molecule has 1 aliphatic heterocycles. The Labute approximate surface area is 113 Å². The molecule has 1 saturated heterocycles. The molecule has 2 heterocycles. The SMILES string of the molecule is C#Cc1ccc2c(c1)oc(=O)n2C1CCC(=O)NC1=O. The maximum Gasteiger partial charge on any atom is 0.420 e. The number of rotatable bonds is 1. The molecule has 6 heteroatoms. The van der Waals surface area contributed by atoms with Gasteiger partial charge >= 0.3 is 5.76 Å². The van der Waals surface area contributed by atoms with Gasteiger partial charge in [0.15, 0.2) is 5.58 Å². The van der Waals surface area contributed by atoms with Crippen LogP contribution in [0, 0.1) is 12.3 Å². The molecule has 1 unspecified atom stereocenters. The average molecular weight is 270 g/mol. The Morgan fingerprint density at radius 3 is 2.85 bits per heavy atom. The monoisotopic (exact) mass is 270 g/mol. The second-order valence-electron chi connectivity index (χ2n) is 4.53. The fourth-order valence-electron chi connectivity index (χ4n) is 2.35. The molecule has 2 amide bonds. The van der Waals surface area contributed by atoms with Crippen LogP contribution in [0.15, 0.2) is 27.4 Å². The predicted molar refractivity (Wildman–Crippen MR) is 69.8 cm³/mol. The van der Waals surface area contributed by atoms with E-state index in [-0.39, 0.29) is 18.7 Å². The van der Waals surface area contributed by atoms with Crippen LogP contribution >= 0.6 is 0 Å². The molecule has 20 heavy (non-hydrogen) atoms. The van der Waals surface area contributed by atoms with Crippen LogP contribution in [-0.4, -0.2) is 16.4 Å². The van der Waals surface area contributed by atoms with Gasteiger partial charge in [0, 0.05) is 12.0 Å². The number of terminal acetylenes is 1. The minimum atomic E-state index is -0.738. The van der Waals surface area contributed by atoms with Crippen molar-refractivity contribution in [1.29, 1.82) is 0 Å². The Morgan fingerprint density at radius 2 is 2.15 bits per heavy atom. The van der Waals surface area contributed by atoms with Gasteiger partial charge in [-0.15, -0.1) is 6.42 Å². The lowest BCUT2D eigenvalue weighted by molar-refractivity contribution is -0.135. The summed E-state index contributed by atoms with van der Waals surface area (Å²) in [5.74, 6) is 0.986. The summed E-state index contributed by atoms with van der Waals surface area (Å²) in [6.45, 7) is 0. The fourth-order valence-corrected chi connectivity index (χ4v) is 2.35. The molecule has 1 aliphatic rings. The highest BCUT2D eigenvalue weighted by Crippen LogP contribution is 2.23. The Bertz CT molecular complexity index is 822. The maximum atomic E-state index is 11.9. The first-order valence-corrected chi connectivity index (χ1v) is 6.05. The van der Waals surface area contributed by atoms with E-state index >= 15 is 0 Å². The number of hydrogen-bond donors (Lipinski definition) is 1. The van der Waals surface area contributed by atoms with Gasteiger partial charge in [0.2, 0.25) is 11.8 Å². The molecule has 1 fully saturated rings. The van der Waals surface area contributed by atoms with Crippen molar-refractivity contribution in [1.82, 2.24) is 9.88 Å². The number of piperidine rings is 1. The van der Waals surface area contributed by atoms with Gasteiger partial charge in [0.25, 0.3) is 0 Å². The van der Waals surface area contributed by atoms with Crippen molar-refractivity contribution < 1.29 is 14.0 Å². The summed E-state index contributed by atoms with van der Waals surface area (Å²) in [6.07, 6.45) is 5.75. The van der Waals surface area contributed by atoms with Gasteiger partial charge in [-0.3, -0.25) is 19.5 Å². The lowest BCUT2D eigenvalue weighted by Crippen LogP contribution is -2.43. The van der Waals surface area contributed by atoms with E-state index in [1.165, 1.54) is 4.57 Å². The average Bonchev–Trinajstić information content (AvgIpc) is 2.74. The quantitative estimate of drug-likeness (QED) is 0.606. The topological polar surface area (TPSA) is 81.3 Å². The smallest absolute Gasteiger partial charge is 0.408 e. The molecule has 1 aromatic heterocycles. The summed E-state index contributed by atoms with van der Waals surface area (Å²) >= 11 is 0. The van der Waals surface area contributed by atoms with Crippen LogP contribution in [0.5, 0.6) is 0 Å². The number of oxazole rings is 1. The first kappa shape index (κ1) is 12.2. The van der Waals surface area contributed by atoms with E-state index in [9.17, 15) is 14.4 Å². The van der Waals surface area contributed by atoms with Crippen molar-refractivity contribution in [2.75, 3.05) is 0 Å². The highest BCUT2D eigenvalue weighted by Gasteiger charge is 2.31. The highest BCUT2D eigenvalue weighted by atomic mass is 16.4. The lowest BCUT2D eigenvalue weighted by atomic mass is 10.1. The van der Waals surface area contributed by atoms with Gasteiger partial charge in [-0.05, 0) is 24.6 Å². The van der Waals surface area contributed by atoms with Crippen LogP contribution in [0.25, 0.3) is 11.1 Å². The van der Waals surface area contributed by atoms with Crippen LogP contribution in [0.2, 0.25) is 0 Å². The van der Waals surface area contributed by atoms with Gasteiger partial charge in [-0.1, -0.05) is 5.92 Å². The molecule has 0 aliphatic carbocycles. The van der Waals surface area contributed by atoms with E-state index in [1.807, 2.05) is 0 Å². The van der Waals surface area contributed by atoms with E-state index in [0.29, 0.717) is 16.7 Å². The van der Waals surface area contributed by atoms with E-state index < -0.39 is 17.7 Å². The van der Waals surface area contributed by atoms with Crippen molar-refractivity contribution in [3.63, 3.8) is 0 Å².